The summed E-state index contributed by atoms with van der Waals surface area (Å²) in [4.78, 5) is 18.6. The molecule has 5 heteroatoms. The normalized spacial score (nSPS) is 20.6. The fourth-order valence-corrected chi connectivity index (χ4v) is 3.03. The van der Waals surface area contributed by atoms with Crippen LogP contribution in [0.5, 0.6) is 0 Å². The van der Waals surface area contributed by atoms with E-state index >= 15 is 0 Å². The molecular formula is C12H18N2O2S. The van der Waals surface area contributed by atoms with Crippen LogP contribution >= 0.6 is 11.3 Å². The number of Topliss-reactive ketones (excluding diaryl/α,β-unsaturated/α-hetero) is 1. The largest absolute Gasteiger partial charge is 0.384 e. The van der Waals surface area contributed by atoms with Crippen LogP contribution in [0.25, 0.3) is 0 Å². The summed E-state index contributed by atoms with van der Waals surface area (Å²) in [6.45, 7) is 4.41. The Morgan fingerprint density at radius 1 is 1.71 bits per heavy atom. The minimum absolute atomic E-state index is 0.0965. The molecule has 2 rings (SSSR count). The third-order valence-corrected chi connectivity index (χ3v) is 4.19. The predicted octanol–water partition coefficient (Wildman–Crippen LogP) is 2.21. The van der Waals surface area contributed by atoms with Crippen LogP contribution in [0, 0.1) is 5.92 Å². The first-order valence-corrected chi connectivity index (χ1v) is 6.73. The molecule has 0 bridgehead atoms. The average molecular weight is 254 g/mol. The number of thiazole rings is 1. The zero-order valence-corrected chi connectivity index (χ0v) is 11.1. The molecular weight excluding hydrogens is 236 g/mol. The van der Waals surface area contributed by atoms with Gasteiger partial charge in [-0.2, -0.15) is 0 Å². The quantitative estimate of drug-likeness (QED) is 0.773. The highest BCUT2D eigenvalue weighted by Crippen LogP contribution is 2.27. The second-order valence-electron chi connectivity index (χ2n) is 4.47. The van der Waals surface area contributed by atoms with E-state index in [1.54, 1.807) is 20.2 Å². The highest BCUT2D eigenvalue weighted by atomic mass is 32.1. The number of hydrogen-bond acceptors (Lipinski definition) is 5. The molecule has 1 aromatic heterocycles. The zero-order valence-electron chi connectivity index (χ0n) is 10.3. The average Bonchev–Trinajstić information content (AvgIpc) is 2.79. The van der Waals surface area contributed by atoms with Gasteiger partial charge in [0.1, 0.15) is 0 Å². The standard InChI is InChI=1S/C12H18N2O2S/c1-9(15)11-6-13-12(17-11)14-5-3-4-10(7-14)8-16-2/h6,10H,3-5,7-8H2,1-2H3. The van der Waals surface area contributed by atoms with E-state index in [-0.39, 0.29) is 5.78 Å². The molecule has 0 N–H and O–H groups in total. The van der Waals surface area contributed by atoms with Crippen LogP contribution in [0.1, 0.15) is 29.4 Å². The molecule has 1 aliphatic rings. The fraction of sp³-hybridized carbons (Fsp3) is 0.667. The van der Waals surface area contributed by atoms with Gasteiger partial charge in [0.05, 0.1) is 17.7 Å². The summed E-state index contributed by atoms with van der Waals surface area (Å²) in [6, 6.07) is 0. The van der Waals surface area contributed by atoms with Crippen molar-refractivity contribution in [3.8, 4) is 0 Å². The van der Waals surface area contributed by atoms with E-state index in [4.69, 9.17) is 4.74 Å². The van der Waals surface area contributed by atoms with Crippen molar-refractivity contribution in [1.82, 2.24) is 4.98 Å². The number of nitrogens with zero attached hydrogens (tertiary/aromatic N) is 2. The molecule has 1 unspecified atom stereocenters. The van der Waals surface area contributed by atoms with Crippen LogP contribution < -0.4 is 4.90 Å². The van der Waals surface area contributed by atoms with Gasteiger partial charge in [0.2, 0.25) is 0 Å². The highest BCUT2D eigenvalue weighted by molar-refractivity contribution is 7.17. The van der Waals surface area contributed by atoms with E-state index in [1.165, 1.54) is 24.2 Å². The van der Waals surface area contributed by atoms with Gasteiger partial charge in [0, 0.05) is 27.1 Å². The summed E-state index contributed by atoms with van der Waals surface area (Å²) < 4.78 is 5.21. The smallest absolute Gasteiger partial charge is 0.185 e. The van der Waals surface area contributed by atoms with E-state index in [0.717, 1.165) is 29.7 Å². The van der Waals surface area contributed by atoms with Gasteiger partial charge in [-0.25, -0.2) is 4.98 Å². The van der Waals surface area contributed by atoms with Gasteiger partial charge in [-0.1, -0.05) is 11.3 Å². The number of piperidine rings is 1. The number of methoxy groups -OCH3 is 1. The predicted molar refractivity (Wildman–Crippen MR) is 68.9 cm³/mol. The molecule has 1 saturated heterocycles. The van der Waals surface area contributed by atoms with Gasteiger partial charge in [-0.15, -0.1) is 0 Å². The Morgan fingerprint density at radius 2 is 2.53 bits per heavy atom. The molecule has 0 aromatic carbocycles. The molecule has 1 fully saturated rings. The molecule has 94 valence electrons. The number of aromatic nitrogens is 1. The molecule has 1 aromatic rings. The second-order valence-corrected chi connectivity index (χ2v) is 5.48. The number of anilines is 1. The first-order chi connectivity index (χ1) is 8.20. The Morgan fingerprint density at radius 3 is 3.18 bits per heavy atom. The number of carbonyl (C=O) groups is 1. The van der Waals surface area contributed by atoms with Gasteiger partial charge < -0.3 is 9.64 Å². The summed E-state index contributed by atoms with van der Waals surface area (Å²) in [7, 11) is 1.75. The summed E-state index contributed by atoms with van der Waals surface area (Å²) in [6.07, 6.45) is 4.07. The van der Waals surface area contributed by atoms with Crippen molar-refractivity contribution in [2.24, 2.45) is 5.92 Å². The van der Waals surface area contributed by atoms with Crippen LogP contribution in [0.3, 0.4) is 0 Å². The summed E-state index contributed by atoms with van der Waals surface area (Å²) in [5.74, 6) is 0.678. The van der Waals surface area contributed by atoms with Crippen molar-refractivity contribution >= 4 is 22.3 Å². The highest BCUT2D eigenvalue weighted by Gasteiger charge is 2.22. The molecule has 2 heterocycles. The van der Waals surface area contributed by atoms with Crippen molar-refractivity contribution in [2.45, 2.75) is 19.8 Å². The SMILES string of the molecule is COCC1CCCN(c2ncc(C(C)=O)s2)C1. The molecule has 4 nitrogen and oxygen atoms in total. The van der Waals surface area contributed by atoms with E-state index in [2.05, 4.69) is 9.88 Å². The van der Waals surface area contributed by atoms with Gasteiger partial charge >= 0.3 is 0 Å². The zero-order chi connectivity index (χ0) is 12.3. The Balaban J connectivity index is 2.02. The minimum Gasteiger partial charge on any atom is -0.384 e. The third kappa shape index (κ3) is 3.04. The van der Waals surface area contributed by atoms with E-state index in [1.807, 2.05) is 0 Å². The first-order valence-electron chi connectivity index (χ1n) is 5.91. The Labute approximate surface area is 106 Å². The molecule has 0 radical (unpaired) electrons. The van der Waals surface area contributed by atoms with Gasteiger partial charge in [0.15, 0.2) is 10.9 Å². The van der Waals surface area contributed by atoms with Crippen molar-refractivity contribution < 1.29 is 9.53 Å². The Bertz CT molecular complexity index is 390. The van der Waals surface area contributed by atoms with Crippen molar-refractivity contribution in [3.63, 3.8) is 0 Å². The maximum atomic E-state index is 11.2. The lowest BCUT2D eigenvalue weighted by Crippen LogP contribution is -2.37. The molecule has 0 aliphatic carbocycles. The Hall–Kier alpha value is -0.940. The Kier molecular flexibility index (Phi) is 4.12. The van der Waals surface area contributed by atoms with Crippen LogP contribution in [0.2, 0.25) is 0 Å². The van der Waals surface area contributed by atoms with E-state index < -0.39 is 0 Å². The summed E-state index contributed by atoms with van der Waals surface area (Å²) >= 11 is 1.49. The van der Waals surface area contributed by atoms with Gasteiger partial charge in [0.25, 0.3) is 0 Å². The maximum absolute atomic E-state index is 11.2. The first kappa shape index (κ1) is 12.5. The van der Waals surface area contributed by atoms with Crippen molar-refractivity contribution in [2.75, 3.05) is 31.7 Å². The molecule has 0 saturated carbocycles. The monoisotopic (exact) mass is 254 g/mol. The maximum Gasteiger partial charge on any atom is 0.185 e. The van der Waals surface area contributed by atoms with Crippen LogP contribution in [0.4, 0.5) is 5.13 Å². The van der Waals surface area contributed by atoms with Gasteiger partial charge in [-0.05, 0) is 18.8 Å². The van der Waals surface area contributed by atoms with Crippen molar-refractivity contribution in [3.05, 3.63) is 11.1 Å². The molecule has 17 heavy (non-hydrogen) atoms. The second kappa shape index (κ2) is 5.60. The summed E-state index contributed by atoms with van der Waals surface area (Å²) in [5, 5.41) is 0.969. The topological polar surface area (TPSA) is 42.4 Å². The molecule has 1 aliphatic heterocycles. The number of carbonyl (C=O) groups excluding carboxylic acids is 1. The lowest BCUT2D eigenvalue weighted by Gasteiger charge is -2.32. The summed E-state index contributed by atoms with van der Waals surface area (Å²) in [5.41, 5.74) is 0. The minimum atomic E-state index is 0.0965. The number of hydrogen-bond donors (Lipinski definition) is 0. The number of ketones is 1. The molecule has 1 atom stereocenters. The molecule has 0 spiro atoms. The van der Waals surface area contributed by atoms with Gasteiger partial charge in [-0.3, -0.25) is 4.79 Å². The van der Waals surface area contributed by atoms with E-state index in [9.17, 15) is 4.79 Å². The molecule has 0 amide bonds. The van der Waals surface area contributed by atoms with Crippen LogP contribution in [0.15, 0.2) is 6.20 Å². The fourth-order valence-electron chi connectivity index (χ4n) is 2.18. The lowest BCUT2D eigenvalue weighted by molar-refractivity contribution is 0.102. The van der Waals surface area contributed by atoms with Crippen LogP contribution in [-0.4, -0.2) is 37.6 Å². The number of ether oxygens (including phenoxy) is 1. The van der Waals surface area contributed by atoms with Crippen molar-refractivity contribution in [1.29, 1.82) is 0 Å². The number of rotatable bonds is 4. The van der Waals surface area contributed by atoms with Crippen LogP contribution in [-0.2, 0) is 4.74 Å². The van der Waals surface area contributed by atoms with E-state index in [0.29, 0.717) is 5.92 Å². The lowest BCUT2D eigenvalue weighted by atomic mass is 9.99. The third-order valence-electron chi connectivity index (χ3n) is 3.03.